The van der Waals surface area contributed by atoms with E-state index < -0.39 is 50.6 Å². The highest BCUT2D eigenvalue weighted by molar-refractivity contribution is 9.12. The maximum atomic E-state index is 13.8. The molecule has 0 N–H and O–H groups in total. The molecule has 1 unspecified atom stereocenters. The topological polar surface area (TPSA) is 0 Å². The van der Waals surface area contributed by atoms with Gasteiger partial charge in [-0.15, -0.1) is 0 Å². The van der Waals surface area contributed by atoms with Gasteiger partial charge in [0.2, 0.25) is 0 Å². The molecule has 1 rings (SSSR count). The van der Waals surface area contributed by atoms with Gasteiger partial charge < -0.3 is 0 Å². The predicted octanol–water partition coefficient (Wildman–Crippen LogP) is 6.57. The van der Waals surface area contributed by atoms with Gasteiger partial charge in [-0.2, -0.15) is 52.7 Å². The zero-order valence-corrected chi connectivity index (χ0v) is 14.2. The first-order valence-corrected chi connectivity index (χ1v) is 7.21. The standard InChI is InChI=1S/C11H3Br2F12/c12-5-1-4(2-6(13,3-5)10(20,21)22)7(14,15)8(16,17)9(18,19)11(23,24)25/h1-3H. The third-order valence-corrected chi connectivity index (χ3v) is 4.31. The Morgan fingerprint density at radius 1 is 0.760 bits per heavy atom. The number of allylic oxidation sites excluding steroid dienone is 4. The van der Waals surface area contributed by atoms with Gasteiger partial charge in [0.05, 0.1) is 0 Å². The van der Waals surface area contributed by atoms with Gasteiger partial charge in [0, 0.05) is 16.5 Å². The molecule has 0 nitrogen and oxygen atoms in total. The van der Waals surface area contributed by atoms with Crippen LogP contribution in [-0.4, -0.2) is 34.4 Å². The Morgan fingerprint density at radius 2 is 1.20 bits per heavy atom. The first kappa shape index (κ1) is 22.6. The summed E-state index contributed by atoms with van der Waals surface area (Å²) in [5, 5.41) is 0. The van der Waals surface area contributed by atoms with E-state index in [4.69, 9.17) is 0 Å². The van der Waals surface area contributed by atoms with Crippen LogP contribution in [-0.2, 0) is 0 Å². The Hall–Kier alpha value is -0.400. The van der Waals surface area contributed by atoms with Crippen molar-refractivity contribution >= 4 is 31.9 Å². The smallest absolute Gasteiger partial charge is 0.194 e. The molecule has 0 aliphatic heterocycles. The molecule has 14 heteroatoms. The third kappa shape index (κ3) is 3.56. The quantitative estimate of drug-likeness (QED) is 0.290. The fraction of sp³-hybridized carbons (Fsp3) is 0.545. The summed E-state index contributed by atoms with van der Waals surface area (Å²) in [6, 6.07) is 0. The second-order valence-electron chi connectivity index (χ2n) is 4.76. The molecule has 0 bridgehead atoms. The van der Waals surface area contributed by atoms with E-state index in [1.54, 1.807) is 0 Å². The third-order valence-electron chi connectivity index (χ3n) is 2.95. The van der Waals surface area contributed by atoms with Crippen LogP contribution in [0.1, 0.15) is 0 Å². The van der Waals surface area contributed by atoms with Crippen molar-refractivity contribution in [3.05, 3.63) is 28.6 Å². The molecule has 0 saturated heterocycles. The molecule has 0 aromatic heterocycles. The van der Waals surface area contributed by atoms with Crippen LogP contribution >= 0.6 is 31.9 Å². The van der Waals surface area contributed by atoms with E-state index in [9.17, 15) is 52.7 Å². The van der Waals surface area contributed by atoms with Gasteiger partial charge in [-0.05, 0) is 12.2 Å². The second-order valence-corrected chi connectivity index (χ2v) is 6.99. The van der Waals surface area contributed by atoms with Crippen LogP contribution in [0, 0.1) is 6.42 Å². The van der Waals surface area contributed by atoms with Crippen LogP contribution in [0.5, 0.6) is 0 Å². The van der Waals surface area contributed by atoms with Gasteiger partial charge in [0.25, 0.3) is 0 Å². The molecule has 0 amide bonds. The largest absolute Gasteiger partial charge is 0.460 e. The number of rotatable bonds is 3. The summed E-state index contributed by atoms with van der Waals surface area (Å²) >= 11 is 4.22. The Kier molecular flexibility index (Phi) is 5.49. The van der Waals surface area contributed by atoms with E-state index in [0.29, 0.717) is 0 Å². The lowest BCUT2D eigenvalue weighted by atomic mass is 9.88. The highest BCUT2D eigenvalue weighted by Crippen LogP contribution is 2.57. The van der Waals surface area contributed by atoms with Gasteiger partial charge in [-0.3, -0.25) is 0 Å². The highest BCUT2D eigenvalue weighted by Gasteiger charge is 2.82. The minimum Gasteiger partial charge on any atom is -0.194 e. The van der Waals surface area contributed by atoms with Crippen LogP contribution in [0.25, 0.3) is 0 Å². The van der Waals surface area contributed by atoms with Gasteiger partial charge in [0.15, 0.2) is 0 Å². The maximum Gasteiger partial charge on any atom is 0.460 e. The highest BCUT2D eigenvalue weighted by atomic mass is 79.9. The Balaban J connectivity index is 3.56. The molecule has 25 heavy (non-hydrogen) atoms. The van der Waals surface area contributed by atoms with E-state index in [1.165, 1.54) is 0 Å². The van der Waals surface area contributed by atoms with Crippen LogP contribution in [0.15, 0.2) is 22.2 Å². The minimum atomic E-state index is -7.21. The molecule has 0 aromatic carbocycles. The lowest BCUT2D eigenvalue weighted by Crippen LogP contribution is -2.61. The van der Waals surface area contributed by atoms with Crippen LogP contribution < -0.4 is 0 Å². The van der Waals surface area contributed by atoms with Crippen molar-refractivity contribution in [3.63, 3.8) is 0 Å². The van der Waals surface area contributed by atoms with Crippen molar-refractivity contribution in [1.29, 1.82) is 0 Å². The average Bonchev–Trinajstić information content (AvgIpc) is 2.34. The number of halogens is 14. The molecule has 1 radical (unpaired) electrons. The SMILES string of the molecule is FC(F)(F)C1(Br)[CH]C(Br)=CC(C(F)(F)C(F)(F)C(F)(F)C(F)(F)F)=C1. The monoisotopic (exact) mass is 521 g/mol. The van der Waals surface area contributed by atoms with Crippen molar-refractivity contribution in [1.82, 2.24) is 0 Å². The Bertz CT molecular complexity index is 597. The van der Waals surface area contributed by atoms with Crippen LogP contribution in [0.2, 0.25) is 0 Å². The first-order chi connectivity index (χ1) is 10.7. The summed E-state index contributed by atoms with van der Waals surface area (Å²) in [5.41, 5.74) is -2.38. The summed E-state index contributed by atoms with van der Waals surface area (Å²) in [6.07, 6.45) is -13.0. The summed E-state index contributed by atoms with van der Waals surface area (Å²) in [6.45, 7) is 0. The van der Waals surface area contributed by atoms with Crippen molar-refractivity contribution in [2.45, 2.75) is 34.4 Å². The first-order valence-electron chi connectivity index (χ1n) is 5.63. The summed E-state index contributed by atoms with van der Waals surface area (Å²) in [4.78, 5) is 0. The summed E-state index contributed by atoms with van der Waals surface area (Å²) < 4.78 is 150. The molecule has 1 aliphatic rings. The molecule has 0 aromatic rings. The van der Waals surface area contributed by atoms with Crippen molar-refractivity contribution < 1.29 is 52.7 Å². The molecule has 0 spiro atoms. The molecule has 1 atom stereocenters. The zero-order valence-electron chi connectivity index (χ0n) is 11.0. The minimum absolute atomic E-state index is 0.119. The molecule has 0 heterocycles. The van der Waals surface area contributed by atoms with Crippen LogP contribution in [0.3, 0.4) is 0 Å². The van der Waals surface area contributed by atoms with E-state index in [-0.39, 0.29) is 12.5 Å². The van der Waals surface area contributed by atoms with Crippen molar-refractivity contribution in [2.24, 2.45) is 0 Å². The van der Waals surface area contributed by atoms with Gasteiger partial charge >= 0.3 is 30.1 Å². The average molecular weight is 523 g/mol. The molecule has 0 saturated carbocycles. The molecular weight excluding hydrogens is 520 g/mol. The molecule has 0 fully saturated rings. The van der Waals surface area contributed by atoms with Gasteiger partial charge in [-0.1, -0.05) is 31.9 Å². The summed E-state index contributed by atoms with van der Waals surface area (Å²) in [7, 11) is 0. The number of alkyl halides is 13. The van der Waals surface area contributed by atoms with Crippen molar-refractivity contribution in [2.75, 3.05) is 0 Å². The van der Waals surface area contributed by atoms with E-state index in [2.05, 4.69) is 15.9 Å². The second kappa shape index (κ2) is 6.06. The molecular formula is C11H3Br2F12. The van der Waals surface area contributed by atoms with E-state index in [1.807, 2.05) is 15.9 Å². The lowest BCUT2D eigenvalue weighted by molar-refractivity contribution is -0.389. The van der Waals surface area contributed by atoms with Gasteiger partial charge in [0.1, 0.15) is 4.32 Å². The van der Waals surface area contributed by atoms with Crippen molar-refractivity contribution in [3.8, 4) is 0 Å². The lowest BCUT2D eigenvalue weighted by Gasteiger charge is -2.37. The fourth-order valence-corrected chi connectivity index (χ4v) is 3.01. The summed E-state index contributed by atoms with van der Waals surface area (Å²) in [5.74, 6) is -20.6. The number of hydrogen-bond donors (Lipinski definition) is 0. The van der Waals surface area contributed by atoms with Gasteiger partial charge in [-0.25, -0.2) is 0 Å². The zero-order chi connectivity index (χ0) is 20.3. The molecule has 1 aliphatic carbocycles. The fourth-order valence-electron chi connectivity index (χ4n) is 1.60. The predicted molar refractivity (Wildman–Crippen MR) is 68.0 cm³/mol. The Labute approximate surface area is 148 Å². The van der Waals surface area contributed by atoms with Crippen LogP contribution in [0.4, 0.5) is 52.7 Å². The molecule has 145 valence electrons. The normalized spacial score (nSPS) is 24.1. The van der Waals surface area contributed by atoms with E-state index >= 15 is 0 Å². The number of hydrogen-bond acceptors (Lipinski definition) is 0. The maximum absolute atomic E-state index is 13.8. The van der Waals surface area contributed by atoms with E-state index in [0.717, 1.165) is 0 Å². The Morgan fingerprint density at radius 3 is 1.56 bits per heavy atom.